The third-order valence-corrected chi connectivity index (χ3v) is 4.88. The first-order valence-corrected chi connectivity index (χ1v) is 9.60. The number of rotatable bonds is 5. The predicted octanol–water partition coefficient (Wildman–Crippen LogP) is 2.97. The quantitative estimate of drug-likeness (QED) is 0.703. The summed E-state index contributed by atoms with van der Waals surface area (Å²) >= 11 is 0. The van der Waals surface area contributed by atoms with Crippen molar-refractivity contribution in [2.75, 3.05) is 6.54 Å². The van der Waals surface area contributed by atoms with E-state index >= 15 is 0 Å². The van der Waals surface area contributed by atoms with E-state index in [-0.39, 0.29) is 18.5 Å². The number of benzene rings is 2. The molecule has 28 heavy (non-hydrogen) atoms. The maximum Gasteiger partial charge on any atom is 0.315 e. The summed E-state index contributed by atoms with van der Waals surface area (Å²) in [6.07, 6.45) is 3.12. The highest BCUT2D eigenvalue weighted by Crippen LogP contribution is 2.29. The van der Waals surface area contributed by atoms with E-state index < -0.39 is 5.54 Å². The molecule has 0 bridgehead atoms. The van der Waals surface area contributed by atoms with Crippen LogP contribution < -0.4 is 16.0 Å². The smallest absolute Gasteiger partial charge is 0.315 e. The molecule has 0 radical (unpaired) electrons. The average Bonchev–Trinajstić information content (AvgIpc) is 3.21. The molecule has 2 aromatic carbocycles. The summed E-state index contributed by atoms with van der Waals surface area (Å²) in [4.78, 5) is 25.1. The van der Waals surface area contributed by atoms with E-state index in [4.69, 9.17) is 0 Å². The van der Waals surface area contributed by atoms with Crippen molar-refractivity contribution in [3.8, 4) is 11.8 Å². The first-order chi connectivity index (χ1) is 13.7. The van der Waals surface area contributed by atoms with Crippen LogP contribution in [0.4, 0.5) is 4.79 Å². The number of hydrogen-bond acceptors (Lipinski definition) is 2. The zero-order valence-electron chi connectivity index (χ0n) is 15.8. The van der Waals surface area contributed by atoms with Crippen molar-refractivity contribution in [2.24, 2.45) is 0 Å². The number of amides is 3. The van der Waals surface area contributed by atoms with Crippen LogP contribution in [-0.2, 0) is 11.3 Å². The Bertz CT molecular complexity index is 848. The molecule has 0 heterocycles. The van der Waals surface area contributed by atoms with Gasteiger partial charge in [0, 0.05) is 12.1 Å². The van der Waals surface area contributed by atoms with Gasteiger partial charge in [0.1, 0.15) is 5.54 Å². The molecular weight excluding hydrogens is 350 g/mol. The highest BCUT2D eigenvalue weighted by molar-refractivity contribution is 5.91. The molecule has 1 saturated carbocycles. The number of carbonyl (C=O) groups is 2. The molecule has 0 aromatic heterocycles. The van der Waals surface area contributed by atoms with Crippen molar-refractivity contribution < 1.29 is 9.59 Å². The van der Waals surface area contributed by atoms with E-state index in [1.165, 1.54) is 0 Å². The van der Waals surface area contributed by atoms with Crippen LogP contribution in [0.25, 0.3) is 0 Å². The lowest BCUT2D eigenvalue weighted by atomic mass is 9.96. The van der Waals surface area contributed by atoms with Crippen LogP contribution in [0.2, 0.25) is 0 Å². The monoisotopic (exact) mass is 375 g/mol. The summed E-state index contributed by atoms with van der Waals surface area (Å²) in [5.74, 6) is 5.82. The van der Waals surface area contributed by atoms with Crippen LogP contribution in [0.5, 0.6) is 0 Å². The minimum absolute atomic E-state index is 0.165. The molecule has 1 aliphatic carbocycles. The molecule has 0 unspecified atom stereocenters. The maximum absolute atomic E-state index is 12.8. The van der Waals surface area contributed by atoms with Crippen LogP contribution in [0.15, 0.2) is 60.7 Å². The predicted molar refractivity (Wildman–Crippen MR) is 109 cm³/mol. The van der Waals surface area contributed by atoms with Gasteiger partial charge in [-0.25, -0.2) is 4.79 Å². The van der Waals surface area contributed by atoms with Crippen molar-refractivity contribution >= 4 is 11.9 Å². The summed E-state index contributed by atoms with van der Waals surface area (Å²) in [6.45, 7) is 0.676. The number of nitrogens with one attached hydrogen (secondary N) is 3. The van der Waals surface area contributed by atoms with E-state index in [9.17, 15) is 9.59 Å². The number of hydrogen-bond donors (Lipinski definition) is 3. The Morgan fingerprint density at radius 2 is 1.54 bits per heavy atom. The Labute approximate surface area is 165 Å². The van der Waals surface area contributed by atoms with Gasteiger partial charge in [0.15, 0.2) is 0 Å². The normalized spacial score (nSPS) is 14.4. The van der Waals surface area contributed by atoms with Crippen molar-refractivity contribution in [3.05, 3.63) is 71.8 Å². The van der Waals surface area contributed by atoms with Gasteiger partial charge in [-0.1, -0.05) is 73.2 Å². The largest absolute Gasteiger partial charge is 0.343 e. The van der Waals surface area contributed by atoms with Gasteiger partial charge in [0.05, 0.1) is 6.54 Å². The third-order valence-electron chi connectivity index (χ3n) is 4.88. The van der Waals surface area contributed by atoms with Gasteiger partial charge in [0.25, 0.3) is 0 Å². The first-order valence-electron chi connectivity index (χ1n) is 9.60. The van der Waals surface area contributed by atoms with Gasteiger partial charge in [-0.3, -0.25) is 4.79 Å². The van der Waals surface area contributed by atoms with E-state index in [2.05, 4.69) is 27.8 Å². The van der Waals surface area contributed by atoms with E-state index in [0.717, 1.165) is 24.0 Å². The molecule has 3 rings (SSSR count). The first kappa shape index (κ1) is 19.5. The van der Waals surface area contributed by atoms with Crippen LogP contribution in [0.1, 0.15) is 36.8 Å². The second kappa shape index (κ2) is 9.61. The van der Waals surface area contributed by atoms with Crippen molar-refractivity contribution in [2.45, 2.75) is 37.8 Å². The Kier molecular flexibility index (Phi) is 6.69. The van der Waals surface area contributed by atoms with Gasteiger partial charge in [-0.2, -0.15) is 0 Å². The van der Waals surface area contributed by atoms with Gasteiger partial charge in [-0.15, -0.1) is 0 Å². The standard InChI is InChI=1S/C23H25N3O2/c27-21(24-17-9-14-19-10-3-1-4-11-19)23(15-7-8-16-23)26-22(28)25-18-20-12-5-2-6-13-20/h1-6,10-13H,7-8,15-18H2,(H,24,27)(H2,25,26,28). The average molecular weight is 375 g/mol. The van der Waals surface area contributed by atoms with E-state index in [0.29, 0.717) is 19.4 Å². The van der Waals surface area contributed by atoms with Crippen molar-refractivity contribution in [3.63, 3.8) is 0 Å². The van der Waals surface area contributed by atoms with E-state index in [1.807, 2.05) is 60.7 Å². The summed E-state index contributed by atoms with van der Waals surface area (Å²) in [5.41, 5.74) is 1.07. The zero-order valence-corrected chi connectivity index (χ0v) is 15.8. The van der Waals surface area contributed by atoms with Crippen LogP contribution in [0, 0.1) is 11.8 Å². The molecule has 144 valence electrons. The molecule has 0 aliphatic heterocycles. The lowest BCUT2D eigenvalue weighted by Gasteiger charge is -2.28. The summed E-state index contributed by atoms with van der Waals surface area (Å²) < 4.78 is 0. The molecule has 5 nitrogen and oxygen atoms in total. The fourth-order valence-corrected chi connectivity index (χ4v) is 3.39. The van der Waals surface area contributed by atoms with Gasteiger partial charge in [-0.05, 0) is 30.5 Å². The van der Waals surface area contributed by atoms with Crippen molar-refractivity contribution in [1.29, 1.82) is 0 Å². The number of urea groups is 1. The minimum Gasteiger partial charge on any atom is -0.343 e. The molecule has 1 aliphatic rings. The van der Waals surface area contributed by atoms with Gasteiger partial charge in [0.2, 0.25) is 5.91 Å². The maximum atomic E-state index is 12.8. The highest BCUT2D eigenvalue weighted by Gasteiger charge is 2.42. The fourth-order valence-electron chi connectivity index (χ4n) is 3.39. The molecule has 3 N–H and O–H groups in total. The second-order valence-corrected chi connectivity index (χ2v) is 6.93. The Hall–Kier alpha value is -3.26. The highest BCUT2D eigenvalue weighted by atomic mass is 16.2. The molecule has 5 heteroatoms. The van der Waals surface area contributed by atoms with Crippen LogP contribution in [-0.4, -0.2) is 24.0 Å². The lowest BCUT2D eigenvalue weighted by molar-refractivity contribution is -0.126. The van der Waals surface area contributed by atoms with E-state index in [1.54, 1.807) is 0 Å². The zero-order chi connectivity index (χ0) is 19.7. The van der Waals surface area contributed by atoms with Gasteiger partial charge < -0.3 is 16.0 Å². The minimum atomic E-state index is -0.852. The number of carbonyl (C=O) groups excluding carboxylic acids is 2. The molecular formula is C23H25N3O2. The molecule has 0 atom stereocenters. The van der Waals surface area contributed by atoms with Gasteiger partial charge >= 0.3 is 6.03 Å². The summed E-state index contributed by atoms with van der Waals surface area (Å²) in [6, 6.07) is 19.0. The molecule has 2 aromatic rings. The summed E-state index contributed by atoms with van der Waals surface area (Å²) in [5, 5.41) is 8.61. The lowest BCUT2D eigenvalue weighted by Crippen LogP contribution is -2.59. The second-order valence-electron chi connectivity index (χ2n) is 6.93. The summed E-state index contributed by atoms with van der Waals surface area (Å²) in [7, 11) is 0. The SMILES string of the molecule is O=C(NCc1ccccc1)NC1(C(=O)NCC#Cc2ccccc2)CCCC1. The Balaban J connectivity index is 1.53. The molecule has 1 fully saturated rings. The van der Waals surface area contributed by atoms with Crippen LogP contribution in [0.3, 0.4) is 0 Å². The Morgan fingerprint density at radius 3 is 2.21 bits per heavy atom. The Morgan fingerprint density at radius 1 is 0.893 bits per heavy atom. The fraction of sp³-hybridized carbons (Fsp3) is 0.304. The third kappa shape index (κ3) is 5.37. The van der Waals surface area contributed by atoms with Crippen molar-refractivity contribution in [1.82, 2.24) is 16.0 Å². The molecule has 0 spiro atoms. The van der Waals surface area contributed by atoms with Crippen LogP contribution >= 0.6 is 0 Å². The topological polar surface area (TPSA) is 70.2 Å². The molecule has 0 saturated heterocycles. The molecule has 3 amide bonds.